The number of carbonyl (C=O) groups is 2. The molecular weight excluding hydrogens is 280 g/mol. The van der Waals surface area contributed by atoms with Crippen LogP contribution < -0.4 is 10.6 Å². The van der Waals surface area contributed by atoms with Crippen LogP contribution in [0.1, 0.15) is 22.8 Å². The second-order valence-corrected chi connectivity index (χ2v) is 4.96. The molecule has 22 heavy (non-hydrogen) atoms. The third-order valence-electron chi connectivity index (χ3n) is 3.58. The van der Waals surface area contributed by atoms with E-state index in [2.05, 4.69) is 10.6 Å². The van der Waals surface area contributed by atoms with Crippen molar-refractivity contribution >= 4 is 17.6 Å². The molecule has 1 heterocycles. The third kappa shape index (κ3) is 2.20. The first kappa shape index (κ1) is 14.1. The maximum atomic E-state index is 12.6. The minimum absolute atomic E-state index is 0.229. The van der Waals surface area contributed by atoms with E-state index in [4.69, 9.17) is 4.74 Å². The van der Waals surface area contributed by atoms with Gasteiger partial charge in [-0.1, -0.05) is 42.5 Å². The van der Waals surface area contributed by atoms with Crippen molar-refractivity contribution in [2.75, 3.05) is 11.9 Å². The van der Waals surface area contributed by atoms with E-state index in [1.54, 1.807) is 37.3 Å². The standard InChI is InChI=1S/C17H16N2O3/c1-2-22-16(21)17(12-8-4-3-5-9-12)18-14-11-7-6-10-13(14)15(20)19-17/h3-11,18H,2H2,1H3,(H,19,20)/t17-/m1/s1. The van der Waals surface area contributed by atoms with Crippen molar-refractivity contribution in [3.05, 3.63) is 65.7 Å². The van der Waals surface area contributed by atoms with Crippen LogP contribution in [0, 0.1) is 0 Å². The van der Waals surface area contributed by atoms with Gasteiger partial charge >= 0.3 is 5.97 Å². The van der Waals surface area contributed by atoms with E-state index in [1.807, 2.05) is 24.3 Å². The average Bonchev–Trinajstić information content (AvgIpc) is 2.56. The molecular formula is C17H16N2O3. The van der Waals surface area contributed by atoms with Crippen molar-refractivity contribution < 1.29 is 14.3 Å². The summed E-state index contributed by atoms with van der Waals surface area (Å²) in [6, 6.07) is 16.1. The minimum Gasteiger partial charge on any atom is -0.463 e. The van der Waals surface area contributed by atoms with Crippen LogP contribution in [0.15, 0.2) is 54.6 Å². The zero-order valence-electron chi connectivity index (χ0n) is 12.1. The van der Waals surface area contributed by atoms with Crippen LogP contribution in [0.3, 0.4) is 0 Å². The van der Waals surface area contributed by atoms with Gasteiger partial charge in [0.1, 0.15) is 0 Å². The van der Waals surface area contributed by atoms with Gasteiger partial charge < -0.3 is 15.4 Å². The molecule has 0 saturated heterocycles. The molecule has 1 atom stereocenters. The Morgan fingerprint density at radius 2 is 1.73 bits per heavy atom. The number of esters is 1. The molecule has 0 radical (unpaired) electrons. The normalized spacial score (nSPS) is 19.6. The highest BCUT2D eigenvalue weighted by molar-refractivity contribution is 6.06. The molecule has 0 saturated carbocycles. The molecule has 3 rings (SSSR count). The number of hydrogen-bond acceptors (Lipinski definition) is 4. The molecule has 1 amide bonds. The summed E-state index contributed by atoms with van der Waals surface area (Å²) in [5.41, 5.74) is 0.306. The Balaban J connectivity index is 2.13. The average molecular weight is 296 g/mol. The van der Waals surface area contributed by atoms with Gasteiger partial charge in [-0.05, 0) is 19.1 Å². The summed E-state index contributed by atoms with van der Waals surface area (Å²) >= 11 is 0. The van der Waals surface area contributed by atoms with Gasteiger partial charge in [0.05, 0.1) is 12.2 Å². The van der Waals surface area contributed by atoms with Crippen LogP contribution in [0.2, 0.25) is 0 Å². The van der Waals surface area contributed by atoms with Crippen molar-refractivity contribution in [3.8, 4) is 0 Å². The molecule has 0 aliphatic carbocycles. The fraction of sp³-hybridized carbons (Fsp3) is 0.176. The molecule has 0 fully saturated rings. The maximum absolute atomic E-state index is 12.6. The number of fused-ring (bicyclic) bond motifs is 1. The van der Waals surface area contributed by atoms with E-state index >= 15 is 0 Å². The van der Waals surface area contributed by atoms with Crippen LogP contribution >= 0.6 is 0 Å². The van der Waals surface area contributed by atoms with Crippen molar-refractivity contribution in [3.63, 3.8) is 0 Å². The summed E-state index contributed by atoms with van der Waals surface area (Å²) in [5.74, 6) is -0.852. The quantitative estimate of drug-likeness (QED) is 0.853. The molecule has 1 aliphatic rings. The number of carbonyl (C=O) groups excluding carboxylic acids is 2. The second-order valence-electron chi connectivity index (χ2n) is 4.96. The highest BCUT2D eigenvalue weighted by atomic mass is 16.5. The molecule has 5 nitrogen and oxygen atoms in total. The largest absolute Gasteiger partial charge is 0.463 e. The lowest BCUT2D eigenvalue weighted by molar-refractivity contribution is -0.150. The number of rotatable bonds is 3. The number of benzene rings is 2. The maximum Gasteiger partial charge on any atom is 0.357 e. The number of amides is 1. The van der Waals surface area contributed by atoms with Gasteiger partial charge in [0.15, 0.2) is 0 Å². The van der Waals surface area contributed by atoms with E-state index in [9.17, 15) is 9.59 Å². The Kier molecular flexibility index (Phi) is 3.55. The van der Waals surface area contributed by atoms with Gasteiger partial charge in [-0.15, -0.1) is 0 Å². The van der Waals surface area contributed by atoms with E-state index in [0.29, 0.717) is 16.8 Å². The van der Waals surface area contributed by atoms with E-state index in [0.717, 1.165) is 0 Å². The first-order valence-electron chi connectivity index (χ1n) is 7.10. The Morgan fingerprint density at radius 3 is 2.45 bits per heavy atom. The molecule has 0 aromatic heterocycles. The number of ether oxygens (including phenoxy) is 1. The Bertz CT molecular complexity index is 715. The lowest BCUT2D eigenvalue weighted by Gasteiger charge is -2.38. The molecule has 5 heteroatoms. The predicted molar refractivity (Wildman–Crippen MR) is 82.3 cm³/mol. The van der Waals surface area contributed by atoms with Crippen molar-refractivity contribution in [1.29, 1.82) is 0 Å². The SMILES string of the molecule is CCOC(=O)[C@@]1(c2ccccc2)NC(=O)c2ccccc2N1. The summed E-state index contributed by atoms with van der Waals surface area (Å²) in [5, 5.41) is 5.90. The summed E-state index contributed by atoms with van der Waals surface area (Å²) < 4.78 is 5.19. The lowest BCUT2D eigenvalue weighted by atomic mass is 9.94. The molecule has 0 bridgehead atoms. The van der Waals surface area contributed by atoms with Crippen LogP contribution in [-0.4, -0.2) is 18.5 Å². The van der Waals surface area contributed by atoms with Gasteiger partial charge in [-0.25, -0.2) is 4.79 Å². The lowest BCUT2D eigenvalue weighted by Crippen LogP contribution is -2.60. The van der Waals surface area contributed by atoms with Gasteiger partial charge in [-0.2, -0.15) is 0 Å². The Labute approximate surface area is 128 Å². The molecule has 0 unspecified atom stereocenters. The first-order chi connectivity index (χ1) is 10.7. The van der Waals surface area contributed by atoms with Gasteiger partial charge in [0, 0.05) is 11.3 Å². The van der Waals surface area contributed by atoms with Crippen LogP contribution in [0.5, 0.6) is 0 Å². The van der Waals surface area contributed by atoms with E-state index < -0.39 is 11.6 Å². The summed E-state index contributed by atoms with van der Waals surface area (Å²) in [6.45, 7) is 1.96. The Hall–Kier alpha value is -2.82. The summed E-state index contributed by atoms with van der Waals surface area (Å²) in [4.78, 5) is 25.0. The monoisotopic (exact) mass is 296 g/mol. The summed E-state index contributed by atoms with van der Waals surface area (Å²) in [6.07, 6.45) is 0. The third-order valence-corrected chi connectivity index (χ3v) is 3.58. The van der Waals surface area contributed by atoms with Crippen LogP contribution in [0.4, 0.5) is 5.69 Å². The Morgan fingerprint density at radius 1 is 1.05 bits per heavy atom. The van der Waals surface area contributed by atoms with Crippen molar-refractivity contribution in [2.24, 2.45) is 0 Å². The highest BCUT2D eigenvalue weighted by Gasteiger charge is 2.47. The van der Waals surface area contributed by atoms with Gasteiger partial charge in [0.2, 0.25) is 5.66 Å². The van der Waals surface area contributed by atoms with E-state index in [1.165, 1.54) is 0 Å². The fourth-order valence-corrected chi connectivity index (χ4v) is 2.55. The van der Waals surface area contributed by atoms with Gasteiger partial charge in [0.25, 0.3) is 5.91 Å². The summed E-state index contributed by atoms with van der Waals surface area (Å²) in [7, 11) is 0. The second kappa shape index (κ2) is 5.52. The van der Waals surface area contributed by atoms with E-state index in [-0.39, 0.29) is 12.5 Å². The molecule has 2 aromatic carbocycles. The van der Waals surface area contributed by atoms with Crippen molar-refractivity contribution in [2.45, 2.75) is 12.6 Å². The predicted octanol–water partition coefficient (Wildman–Crippen LogP) is 2.26. The van der Waals surface area contributed by atoms with Gasteiger partial charge in [-0.3, -0.25) is 4.79 Å². The van der Waals surface area contributed by atoms with Crippen molar-refractivity contribution in [1.82, 2.24) is 5.32 Å². The highest BCUT2D eigenvalue weighted by Crippen LogP contribution is 2.32. The molecule has 0 spiro atoms. The zero-order chi connectivity index (χ0) is 15.6. The molecule has 2 N–H and O–H groups in total. The van der Waals surface area contributed by atoms with Crippen LogP contribution in [0.25, 0.3) is 0 Å². The smallest absolute Gasteiger partial charge is 0.357 e. The molecule has 2 aromatic rings. The number of para-hydroxylation sites is 1. The minimum atomic E-state index is -1.41. The zero-order valence-corrected chi connectivity index (χ0v) is 12.1. The first-order valence-corrected chi connectivity index (χ1v) is 7.10. The molecule has 112 valence electrons. The topological polar surface area (TPSA) is 67.4 Å². The van der Waals surface area contributed by atoms with Crippen LogP contribution in [-0.2, 0) is 15.2 Å². The number of hydrogen-bond donors (Lipinski definition) is 2. The number of anilines is 1. The fourth-order valence-electron chi connectivity index (χ4n) is 2.55. The molecule has 1 aliphatic heterocycles. The number of nitrogens with one attached hydrogen (secondary N) is 2.